The summed E-state index contributed by atoms with van der Waals surface area (Å²) in [5, 5.41) is 0. The molecule has 0 radical (unpaired) electrons. The van der Waals surface area contributed by atoms with E-state index < -0.39 is 31.4 Å². The van der Waals surface area contributed by atoms with Gasteiger partial charge in [-0.1, -0.05) is 6.07 Å². The van der Waals surface area contributed by atoms with E-state index in [1.807, 2.05) is 0 Å². The van der Waals surface area contributed by atoms with E-state index in [2.05, 4.69) is 9.47 Å². The lowest BCUT2D eigenvalue weighted by atomic mass is 10.1. The standard InChI is InChI=1S/C10H9ClO6S/c1-16-9(12)6-4-3-5-7(18(11,14)15)8(6)10(13)17-2/h3-5H,1-2H3. The van der Waals surface area contributed by atoms with Crippen molar-refractivity contribution in [3.8, 4) is 0 Å². The van der Waals surface area contributed by atoms with Crippen LogP contribution in [-0.4, -0.2) is 34.6 Å². The number of esters is 2. The predicted octanol–water partition coefficient (Wildman–Crippen LogP) is 1.19. The van der Waals surface area contributed by atoms with Gasteiger partial charge in [-0.3, -0.25) is 0 Å². The molecule has 0 unspecified atom stereocenters. The van der Waals surface area contributed by atoms with Gasteiger partial charge in [0.1, 0.15) is 0 Å². The molecule has 0 atom stereocenters. The molecule has 0 spiro atoms. The van der Waals surface area contributed by atoms with Crippen LogP contribution in [0.1, 0.15) is 20.7 Å². The maximum atomic E-state index is 11.6. The zero-order valence-corrected chi connectivity index (χ0v) is 11.0. The highest BCUT2D eigenvalue weighted by atomic mass is 35.7. The molecule has 98 valence electrons. The smallest absolute Gasteiger partial charge is 0.340 e. The second kappa shape index (κ2) is 5.36. The first kappa shape index (κ1) is 14.5. The summed E-state index contributed by atoms with van der Waals surface area (Å²) in [5.41, 5.74) is -0.673. The van der Waals surface area contributed by atoms with Gasteiger partial charge in [0.25, 0.3) is 9.05 Å². The van der Waals surface area contributed by atoms with E-state index in [-0.39, 0.29) is 5.56 Å². The van der Waals surface area contributed by atoms with Crippen molar-refractivity contribution in [2.45, 2.75) is 4.90 Å². The second-order valence-electron chi connectivity index (χ2n) is 3.10. The molecule has 8 heteroatoms. The second-order valence-corrected chi connectivity index (χ2v) is 5.63. The number of benzene rings is 1. The maximum absolute atomic E-state index is 11.6. The van der Waals surface area contributed by atoms with Crippen molar-refractivity contribution in [1.29, 1.82) is 0 Å². The van der Waals surface area contributed by atoms with Crippen LogP contribution in [0.2, 0.25) is 0 Å². The maximum Gasteiger partial charge on any atom is 0.340 e. The first-order chi connectivity index (χ1) is 8.32. The fraction of sp³-hybridized carbons (Fsp3) is 0.200. The molecule has 0 aliphatic carbocycles. The molecule has 0 saturated carbocycles. The summed E-state index contributed by atoms with van der Waals surface area (Å²) in [4.78, 5) is 22.5. The van der Waals surface area contributed by atoms with Gasteiger partial charge in [0.15, 0.2) is 0 Å². The van der Waals surface area contributed by atoms with Crippen molar-refractivity contribution in [2.24, 2.45) is 0 Å². The fourth-order valence-electron chi connectivity index (χ4n) is 1.33. The Kier molecular flexibility index (Phi) is 4.31. The Morgan fingerprint density at radius 1 is 1.11 bits per heavy atom. The minimum atomic E-state index is -4.19. The zero-order valence-electron chi connectivity index (χ0n) is 9.47. The Hall–Kier alpha value is -1.60. The summed E-state index contributed by atoms with van der Waals surface area (Å²) < 4.78 is 31.6. The van der Waals surface area contributed by atoms with Crippen molar-refractivity contribution in [3.63, 3.8) is 0 Å². The number of carbonyl (C=O) groups excluding carboxylic acids is 2. The Morgan fingerprint density at radius 3 is 2.11 bits per heavy atom. The van der Waals surface area contributed by atoms with Crippen LogP contribution in [0, 0.1) is 0 Å². The average Bonchev–Trinajstić information content (AvgIpc) is 2.34. The van der Waals surface area contributed by atoms with Crippen LogP contribution in [0.15, 0.2) is 23.1 Å². The monoisotopic (exact) mass is 292 g/mol. The molecule has 6 nitrogen and oxygen atoms in total. The number of halogens is 1. The van der Waals surface area contributed by atoms with Crippen LogP contribution in [0.3, 0.4) is 0 Å². The van der Waals surface area contributed by atoms with Crippen LogP contribution < -0.4 is 0 Å². The first-order valence-corrected chi connectivity index (χ1v) is 6.88. The van der Waals surface area contributed by atoms with E-state index in [1.54, 1.807) is 0 Å². The molecular formula is C10H9ClO6S. The Morgan fingerprint density at radius 2 is 1.67 bits per heavy atom. The number of hydrogen-bond donors (Lipinski definition) is 0. The first-order valence-electron chi connectivity index (χ1n) is 4.57. The molecule has 0 amide bonds. The summed E-state index contributed by atoms with van der Waals surface area (Å²) in [6.07, 6.45) is 0. The van der Waals surface area contributed by atoms with E-state index >= 15 is 0 Å². The summed E-state index contributed by atoms with van der Waals surface area (Å²) >= 11 is 0. The van der Waals surface area contributed by atoms with E-state index in [4.69, 9.17) is 10.7 Å². The van der Waals surface area contributed by atoms with Crippen LogP contribution in [0.25, 0.3) is 0 Å². The van der Waals surface area contributed by atoms with Crippen LogP contribution in [0.4, 0.5) is 0 Å². The van der Waals surface area contributed by atoms with Crippen molar-refractivity contribution >= 4 is 31.7 Å². The highest BCUT2D eigenvalue weighted by Gasteiger charge is 2.27. The molecule has 0 N–H and O–H groups in total. The van der Waals surface area contributed by atoms with Gasteiger partial charge in [0.2, 0.25) is 0 Å². The molecule has 1 rings (SSSR count). The van der Waals surface area contributed by atoms with E-state index in [1.165, 1.54) is 12.1 Å². The van der Waals surface area contributed by atoms with Crippen LogP contribution >= 0.6 is 10.7 Å². The minimum absolute atomic E-state index is 0.230. The topological polar surface area (TPSA) is 86.7 Å². The van der Waals surface area contributed by atoms with Crippen molar-refractivity contribution in [3.05, 3.63) is 29.3 Å². The largest absolute Gasteiger partial charge is 0.465 e. The highest BCUT2D eigenvalue weighted by molar-refractivity contribution is 8.13. The van der Waals surface area contributed by atoms with Gasteiger partial charge in [0.05, 0.1) is 30.2 Å². The number of carbonyl (C=O) groups is 2. The molecule has 0 bridgehead atoms. The quantitative estimate of drug-likeness (QED) is 0.614. The fourth-order valence-corrected chi connectivity index (χ4v) is 2.39. The highest BCUT2D eigenvalue weighted by Crippen LogP contribution is 2.24. The van der Waals surface area contributed by atoms with Gasteiger partial charge >= 0.3 is 11.9 Å². The number of hydrogen-bond acceptors (Lipinski definition) is 6. The Bertz CT molecular complexity index is 592. The normalized spacial score (nSPS) is 10.8. The molecule has 0 aliphatic heterocycles. The number of rotatable bonds is 3. The van der Waals surface area contributed by atoms with Crippen LogP contribution in [-0.2, 0) is 18.5 Å². The van der Waals surface area contributed by atoms with Gasteiger partial charge in [-0.25, -0.2) is 18.0 Å². The SMILES string of the molecule is COC(=O)c1cccc(S(=O)(=O)Cl)c1C(=O)OC. The molecule has 0 fully saturated rings. The minimum Gasteiger partial charge on any atom is -0.465 e. The lowest BCUT2D eigenvalue weighted by Crippen LogP contribution is -2.15. The number of ether oxygens (including phenoxy) is 2. The molecular weight excluding hydrogens is 284 g/mol. The molecule has 0 heterocycles. The molecule has 1 aromatic rings. The zero-order chi connectivity index (χ0) is 13.9. The third-order valence-corrected chi connectivity index (χ3v) is 3.45. The van der Waals surface area contributed by atoms with E-state index in [9.17, 15) is 18.0 Å². The van der Waals surface area contributed by atoms with Crippen molar-refractivity contribution < 1.29 is 27.5 Å². The Balaban J connectivity index is 3.66. The summed E-state index contributed by atoms with van der Waals surface area (Å²) in [6.45, 7) is 0. The third-order valence-electron chi connectivity index (χ3n) is 2.08. The predicted molar refractivity (Wildman–Crippen MR) is 62.2 cm³/mol. The molecule has 0 aliphatic rings. The van der Waals surface area contributed by atoms with Crippen molar-refractivity contribution in [2.75, 3.05) is 14.2 Å². The summed E-state index contributed by atoms with van der Waals surface area (Å²) in [5.74, 6) is -1.85. The van der Waals surface area contributed by atoms with Gasteiger partial charge in [-0.05, 0) is 12.1 Å². The Labute approximate surface area is 108 Å². The average molecular weight is 293 g/mol. The van der Waals surface area contributed by atoms with E-state index in [0.29, 0.717) is 0 Å². The third kappa shape index (κ3) is 2.80. The summed E-state index contributed by atoms with van der Waals surface area (Å²) in [6, 6.07) is 3.61. The van der Waals surface area contributed by atoms with Gasteiger partial charge in [0, 0.05) is 10.7 Å². The molecule has 18 heavy (non-hydrogen) atoms. The number of methoxy groups -OCH3 is 2. The van der Waals surface area contributed by atoms with Gasteiger partial charge in [-0.15, -0.1) is 0 Å². The van der Waals surface area contributed by atoms with Gasteiger partial charge in [-0.2, -0.15) is 0 Å². The van der Waals surface area contributed by atoms with Gasteiger partial charge < -0.3 is 9.47 Å². The summed E-state index contributed by atoms with van der Waals surface area (Å²) in [7, 11) is 3.17. The molecule has 0 saturated heterocycles. The lowest BCUT2D eigenvalue weighted by molar-refractivity contribution is 0.0552. The lowest BCUT2D eigenvalue weighted by Gasteiger charge is -2.09. The van der Waals surface area contributed by atoms with Crippen molar-refractivity contribution in [1.82, 2.24) is 0 Å². The molecule has 1 aromatic carbocycles. The van der Waals surface area contributed by atoms with Crippen LogP contribution in [0.5, 0.6) is 0 Å². The van der Waals surface area contributed by atoms with E-state index in [0.717, 1.165) is 20.3 Å². The molecule has 0 aromatic heterocycles.